The molecule has 25 heavy (non-hydrogen) atoms. The van der Waals surface area contributed by atoms with Crippen LogP contribution < -0.4 is 10.1 Å². The van der Waals surface area contributed by atoms with Crippen LogP contribution in [0.4, 0.5) is 5.82 Å². The molecule has 1 atom stereocenters. The number of hydrogen-bond acceptors (Lipinski definition) is 5. The average Bonchev–Trinajstić information content (AvgIpc) is 2.66. The van der Waals surface area contributed by atoms with E-state index < -0.39 is 6.10 Å². The lowest BCUT2D eigenvalue weighted by molar-refractivity contribution is 0.0994. The van der Waals surface area contributed by atoms with Crippen molar-refractivity contribution in [2.75, 3.05) is 19.0 Å². The molecule has 0 saturated carbocycles. The number of hydrogen-bond donors (Lipinski definition) is 2. The number of pyridine rings is 2. The monoisotopic (exact) mass is 337 g/mol. The number of benzene rings is 1. The number of rotatable bonds is 7. The first-order valence-corrected chi connectivity index (χ1v) is 8.55. The van der Waals surface area contributed by atoms with Crippen molar-refractivity contribution in [2.24, 2.45) is 0 Å². The molecule has 2 heterocycles. The topological polar surface area (TPSA) is 67.3 Å². The Bertz CT molecular complexity index is 834. The second-order valence-electron chi connectivity index (χ2n) is 5.99. The highest BCUT2D eigenvalue weighted by molar-refractivity contribution is 5.82. The van der Waals surface area contributed by atoms with Crippen molar-refractivity contribution < 1.29 is 9.84 Å². The van der Waals surface area contributed by atoms with Gasteiger partial charge in [0, 0.05) is 24.2 Å². The number of anilines is 1. The van der Waals surface area contributed by atoms with Crippen molar-refractivity contribution in [2.45, 2.75) is 25.9 Å². The largest absolute Gasteiger partial charge is 0.491 e. The van der Waals surface area contributed by atoms with Crippen LogP contribution in [0, 0.1) is 0 Å². The van der Waals surface area contributed by atoms with E-state index in [9.17, 15) is 5.11 Å². The lowest BCUT2D eigenvalue weighted by Crippen LogP contribution is -2.16. The summed E-state index contributed by atoms with van der Waals surface area (Å²) in [4.78, 5) is 9.03. The van der Waals surface area contributed by atoms with Crippen LogP contribution in [0.5, 0.6) is 5.75 Å². The molecule has 3 aromatic rings. The van der Waals surface area contributed by atoms with Crippen molar-refractivity contribution in [3.05, 3.63) is 48.7 Å². The number of fused-ring (bicyclic) bond motifs is 1. The molecule has 0 radical (unpaired) electrons. The number of aliphatic hydroxyl groups is 1. The molecular weight excluding hydrogens is 314 g/mol. The maximum absolute atomic E-state index is 9.78. The third-order valence-electron chi connectivity index (χ3n) is 4.04. The van der Waals surface area contributed by atoms with E-state index in [0.29, 0.717) is 6.61 Å². The first-order chi connectivity index (χ1) is 12.2. The van der Waals surface area contributed by atoms with Crippen molar-refractivity contribution >= 4 is 16.7 Å². The summed E-state index contributed by atoms with van der Waals surface area (Å²) >= 11 is 0. The van der Waals surface area contributed by atoms with Gasteiger partial charge in [-0.1, -0.05) is 19.4 Å². The quantitative estimate of drug-likeness (QED) is 0.685. The third kappa shape index (κ3) is 4.25. The van der Waals surface area contributed by atoms with Gasteiger partial charge < -0.3 is 15.2 Å². The number of aliphatic hydroxyl groups excluding tert-OH is 1. The van der Waals surface area contributed by atoms with Gasteiger partial charge in [-0.25, -0.2) is 9.97 Å². The van der Waals surface area contributed by atoms with E-state index in [2.05, 4.69) is 10.3 Å². The molecule has 0 bridgehead atoms. The number of aromatic nitrogens is 2. The highest BCUT2D eigenvalue weighted by Crippen LogP contribution is 2.24. The third-order valence-corrected chi connectivity index (χ3v) is 4.04. The summed E-state index contributed by atoms with van der Waals surface area (Å²) in [6.45, 7) is 2.36. The van der Waals surface area contributed by atoms with E-state index in [1.807, 2.05) is 62.6 Å². The zero-order valence-corrected chi connectivity index (χ0v) is 14.6. The molecule has 0 unspecified atom stereocenters. The number of nitrogens with zero attached hydrogens (tertiary/aromatic N) is 2. The van der Waals surface area contributed by atoms with Crippen LogP contribution in [0.15, 0.2) is 48.7 Å². The normalized spacial score (nSPS) is 12.1. The van der Waals surface area contributed by atoms with Gasteiger partial charge >= 0.3 is 0 Å². The maximum atomic E-state index is 9.78. The van der Waals surface area contributed by atoms with Crippen LogP contribution in [0.25, 0.3) is 22.2 Å². The summed E-state index contributed by atoms with van der Waals surface area (Å²) in [5, 5.41) is 13.8. The van der Waals surface area contributed by atoms with Crippen LogP contribution >= 0.6 is 0 Å². The SMILES string of the molecule is CCC[C@@H](O)COc1ccc2nc(-c3ccc(NC)nc3)ccc2c1. The Labute approximate surface area is 147 Å². The summed E-state index contributed by atoms with van der Waals surface area (Å²) < 4.78 is 5.67. The summed E-state index contributed by atoms with van der Waals surface area (Å²) in [7, 11) is 1.84. The summed E-state index contributed by atoms with van der Waals surface area (Å²) in [5.41, 5.74) is 2.76. The van der Waals surface area contributed by atoms with Gasteiger partial charge in [0.1, 0.15) is 18.2 Å². The minimum atomic E-state index is -0.422. The van der Waals surface area contributed by atoms with Gasteiger partial charge in [0.25, 0.3) is 0 Å². The predicted molar refractivity (Wildman–Crippen MR) is 101 cm³/mol. The summed E-state index contributed by atoms with van der Waals surface area (Å²) in [5.74, 6) is 1.58. The van der Waals surface area contributed by atoms with Crippen molar-refractivity contribution in [1.82, 2.24) is 9.97 Å². The molecule has 0 aliphatic carbocycles. The number of ether oxygens (including phenoxy) is 1. The highest BCUT2D eigenvalue weighted by Gasteiger charge is 2.06. The lowest BCUT2D eigenvalue weighted by Gasteiger charge is -2.12. The fraction of sp³-hybridized carbons (Fsp3) is 0.300. The fourth-order valence-corrected chi connectivity index (χ4v) is 2.66. The molecule has 3 rings (SSSR count). The van der Waals surface area contributed by atoms with Gasteiger partial charge in [-0.05, 0) is 42.8 Å². The standard InChI is InChI=1S/C20H23N3O2/c1-3-4-16(24)13-25-17-7-9-18-14(11-17)5-8-19(23-18)15-6-10-20(21-2)22-12-15/h5-12,16,24H,3-4,13H2,1-2H3,(H,21,22)/t16-/m1/s1. The molecule has 0 spiro atoms. The molecule has 130 valence electrons. The smallest absolute Gasteiger partial charge is 0.125 e. The van der Waals surface area contributed by atoms with Gasteiger partial charge in [0.2, 0.25) is 0 Å². The Balaban J connectivity index is 1.78. The van der Waals surface area contributed by atoms with E-state index in [1.165, 1.54) is 0 Å². The lowest BCUT2D eigenvalue weighted by atomic mass is 10.1. The van der Waals surface area contributed by atoms with Crippen molar-refractivity contribution in [1.29, 1.82) is 0 Å². The Kier molecular flexibility index (Phi) is 5.46. The first-order valence-electron chi connectivity index (χ1n) is 8.55. The minimum Gasteiger partial charge on any atom is -0.491 e. The molecule has 0 aliphatic rings. The Morgan fingerprint density at radius 3 is 2.76 bits per heavy atom. The van der Waals surface area contributed by atoms with E-state index in [1.54, 1.807) is 0 Å². The molecule has 5 nitrogen and oxygen atoms in total. The van der Waals surface area contributed by atoms with Crippen LogP contribution in [-0.4, -0.2) is 34.8 Å². The molecule has 5 heteroatoms. The van der Waals surface area contributed by atoms with Gasteiger partial charge in [-0.2, -0.15) is 0 Å². The Hall–Kier alpha value is -2.66. The van der Waals surface area contributed by atoms with Gasteiger partial charge in [0.05, 0.1) is 17.3 Å². The predicted octanol–water partition coefficient (Wildman–Crippen LogP) is 3.88. The molecular formula is C20H23N3O2. The van der Waals surface area contributed by atoms with E-state index in [4.69, 9.17) is 9.72 Å². The summed E-state index contributed by atoms with van der Waals surface area (Å²) in [6, 6.07) is 13.7. The second-order valence-corrected chi connectivity index (χ2v) is 5.99. The van der Waals surface area contributed by atoms with E-state index in [0.717, 1.165) is 46.6 Å². The zero-order valence-electron chi connectivity index (χ0n) is 14.6. The van der Waals surface area contributed by atoms with Gasteiger partial charge in [0.15, 0.2) is 0 Å². The fourth-order valence-electron chi connectivity index (χ4n) is 2.66. The highest BCUT2D eigenvalue weighted by atomic mass is 16.5. The average molecular weight is 337 g/mol. The summed E-state index contributed by atoms with van der Waals surface area (Å²) in [6.07, 6.45) is 3.08. The van der Waals surface area contributed by atoms with Gasteiger partial charge in [-0.15, -0.1) is 0 Å². The van der Waals surface area contributed by atoms with Gasteiger partial charge in [-0.3, -0.25) is 0 Å². The van der Waals surface area contributed by atoms with Crippen LogP contribution in [0.3, 0.4) is 0 Å². The second kappa shape index (κ2) is 7.94. The van der Waals surface area contributed by atoms with Crippen LogP contribution in [0.1, 0.15) is 19.8 Å². The minimum absolute atomic E-state index is 0.314. The number of nitrogens with one attached hydrogen (secondary N) is 1. The van der Waals surface area contributed by atoms with E-state index in [-0.39, 0.29) is 0 Å². The van der Waals surface area contributed by atoms with Crippen LogP contribution in [0.2, 0.25) is 0 Å². The van der Waals surface area contributed by atoms with Crippen molar-refractivity contribution in [3.63, 3.8) is 0 Å². The Morgan fingerprint density at radius 2 is 2.04 bits per heavy atom. The maximum Gasteiger partial charge on any atom is 0.125 e. The molecule has 2 N–H and O–H groups in total. The molecule has 0 saturated heterocycles. The molecule has 0 aliphatic heterocycles. The Morgan fingerprint density at radius 1 is 1.16 bits per heavy atom. The molecule has 2 aromatic heterocycles. The molecule has 1 aromatic carbocycles. The molecule has 0 fully saturated rings. The van der Waals surface area contributed by atoms with Crippen LogP contribution in [-0.2, 0) is 0 Å². The zero-order chi connectivity index (χ0) is 17.6. The first kappa shape index (κ1) is 17.2. The van der Waals surface area contributed by atoms with Crippen molar-refractivity contribution in [3.8, 4) is 17.0 Å². The molecule has 0 amide bonds. The van der Waals surface area contributed by atoms with E-state index >= 15 is 0 Å².